The quantitative estimate of drug-likeness (QED) is 0.754. The van der Waals surface area contributed by atoms with Gasteiger partial charge in [0.05, 0.1) is 5.39 Å². The molecule has 0 aromatic carbocycles. The number of H-pyrrole nitrogens is 1. The maximum Gasteiger partial charge on any atom is 0.268 e. The van der Waals surface area contributed by atoms with Crippen LogP contribution in [0, 0.1) is 10.5 Å². The lowest BCUT2D eigenvalue weighted by atomic mass is 10.3. The summed E-state index contributed by atoms with van der Waals surface area (Å²) in [6, 6.07) is 1.91. The van der Waals surface area contributed by atoms with Crippen LogP contribution in [0.4, 0.5) is 0 Å². The Bertz CT molecular complexity index is 488. The van der Waals surface area contributed by atoms with Crippen molar-refractivity contribution in [2.75, 3.05) is 0 Å². The van der Waals surface area contributed by atoms with Gasteiger partial charge in [0, 0.05) is 9.26 Å². The molecule has 0 aliphatic heterocycles. The van der Waals surface area contributed by atoms with Crippen molar-refractivity contribution in [3.8, 4) is 0 Å². The zero-order valence-corrected chi connectivity index (χ0v) is 9.19. The van der Waals surface area contributed by atoms with Gasteiger partial charge < -0.3 is 0 Å². The van der Waals surface area contributed by atoms with Crippen LogP contribution in [-0.4, -0.2) is 9.36 Å². The molecule has 0 aliphatic carbocycles. The number of nitrogens with one attached hydrogen (secondary N) is 1. The van der Waals surface area contributed by atoms with Crippen molar-refractivity contribution < 1.29 is 0 Å². The number of aromatic nitrogens is 2. The van der Waals surface area contributed by atoms with Crippen molar-refractivity contribution in [3.05, 3.63) is 25.7 Å². The molecule has 2 heterocycles. The Morgan fingerprint density at radius 2 is 2.42 bits per heavy atom. The minimum atomic E-state index is -0.0353. The Morgan fingerprint density at radius 3 is 3.17 bits per heavy atom. The average molecular weight is 292 g/mol. The molecule has 0 atom stereocenters. The first kappa shape index (κ1) is 8.18. The Kier molecular flexibility index (Phi) is 1.91. The highest BCUT2D eigenvalue weighted by Gasteiger charge is 2.06. The van der Waals surface area contributed by atoms with Gasteiger partial charge in [-0.3, -0.25) is 9.17 Å². The van der Waals surface area contributed by atoms with E-state index in [1.807, 2.05) is 13.0 Å². The van der Waals surface area contributed by atoms with E-state index in [0.29, 0.717) is 5.39 Å². The van der Waals surface area contributed by atoms with Gasteiger partial charge in [-0.05, 0) is 47.1 Å². The molecule has 0 aliphatic rings. The van der Waals surface area contributed by atoms with Gasteiger partial charge in [-0.15, -0.1) is 0 Å². The van der Waals surface area contributed by atoms with Crippen LogP contribution >= 0.6 is 34.1 Å². The lowest BCUT2D eigenvalue weighted by molar-refractivity contribution is 1.26. The van der Waals surface area contributed by atoms with Crippen LogP contribution in [-0.2, 0) is 0 Å². The second-order valence-electron chi connectivity index (χ2n) is 2.46. The molecule has 1 N–H and O–H groups in total. The van der Waals surface area contributed by atoms with Gasteiger partial charge in [-0.25, -0.2) is 4.98 Å². The van der Waals surface area contributed by atoms with Crippen LogP contribution in [0.2, 0.25) is 0 Å². The minimum Gasteiger partial charge on any atom is -0.275 e. The highest BCUT2D eigenvalue weighted by molar-refractivity contribution is 14.1. The fourth-order valence-corrected chi connectivity index (χ4v) is 2.95. The molecule has 12 heavy (non-hydrogen) atoms. The lowest BCUT2D eigenvalue weighted by Crippen LogP contribution is -1.99. The second kappa shape index (κ2) is 2.81. The average Bonchev–Trinajstić information content (AvgIpc) is 2.31. The van der Waals surface area contributed by atoms with Gasteiger partial charge >= 0.3 is 0 Å². The van der Waals surface area contributed by atoms with E-state index in [-0.39, 0.29) is 5.56 Å². The van der Waals surface area contributed by atoms with Crippen molar-refractivity contribution in [2.24, 2.45) is 0 Å². The van der Waals surface area contributed by atoms with Crippen LogP contribution in [0.3, 0.4) is 0 Å². The number of fused-ring (bicyclic) bond motifs is 1. The minimum absolute atomic E-state index is 0.0353. The third-order valence-corrected chi connectivity index (χ3v) is 3.16. The number of halogens is 1. The summed E-state index contributed by atoms with van der Waals surface area (Å²) < 4.78 is 3.63. The molecule has 0 amide bonds. The Morgan fingerprint density at radius 1 is 1.67 bits per heavy atom. The van der Waals surface area contributed by atoms with E-state index in [4.69, 9.17) is 0 Å². The SMILES string of the molecule is Cc1cc(I)c2c(=O)[nH]sc2n1. The molecule has 0 unspecified atom stereocenters. The summed E-state index contributed by atoms with van der Waals surface area (Å²) in [5.74, 6) is 0. The van der Waals surface area contributed by atoms with Crippen molar-refractivity contribution in [3.63, 3.8) is 0 Å². The lowest BCUT2D eigenvalue weighted by Gasteiger charge is -1.93. The zero-order valence-electron chi connectivity index (χ0n) is 6.22. The number of aromatic amines is 1. The van der Waals surface area contributed by atoms with Crippen molar-refractivity contribution in [1.29, 1.82) is 0 Å². The molecule has 2 aromatic rings. The first-order chi connectivity index (χ1) is 5.68. The maximum atomic E-state index is 11.2. The van der Waals surface area contributed by atoms with E-state index in [0.717, 1.165) is 14.1 Å². The first-order valence-corrected chi connectivity index (χ1v) is 5.22. The normalized spacial score (nSPS) is 10.8. The number of pyridine rings is 1. The molecule has 0 saturated heterocycles. The van der Waals surface area contributed by atoms with E-state index in [1.54, 1.807) is 0 Å². The largest absolute Gasteiger partial charge is 0.275 e. The van der Waals surface area contributed by atoms with Crippen LogP contribution in [0.15, 0.2) is 10.9 Å². The highest BCUT2D eigenvalue weighted by Crippen LogP contribution is 2.18. The zero-order chi connectivity index (χ0) is 8.72. The molecule has 0 bridgehead atoms. The molecule has 2 rings (SSSR count). The van der Waals surface area contributed by atoms with Crippen molar-refractivity contribution in [2.45, 2.75) is 6.92 Å². The van der Waals surface area contributed by atoms with Gasteiger partial charge in [-0.1, -0.05) is 0 Å². The third kappa shape index (κ3) is 1.16. The molecule has 62 valence electrons. The predicted molar refractivity (Wildman–Crippen MR) is 57.7 cm³/mol. The van der Waals surface area contributed by atoms with Crippen molar-refractivity contribution in [1.82, 2.24) is 9.36 Å². The predicted octanol–water partition coefficient (Wildman–Crippen LogP) is 1.90. The first-order valence-electron chi connectivity index (χ1n) is 3.33. The third-order valence-electron chi connectivity index (χ3n) is 1.53. The van der Waals surface area contributed by atoms with Gasteiger partial charge in [-0.2, -0.15) is 0 Å². The van der Waals surface area contributed by atoms with Crippen LogP contribution in [0.5, 0.6) is 0 Å². The van der Waals surface area contributed by atoms with E-state index >= 15 is 0 Å². The van der Waals surface area contributed by atoms with E-state index in [2.05, 4.69) is 31.9 Å². The molecule has 0 saturated carbocycles. The van der Waals surface area contributed by atoms with E-state index < -0.39 is 0 Å². The molecule has 0 fully saturated rings. The van der Waals surface area contributed by atoms with Gasteiger partial charge in [0.2, 0.25) is 0 Å². The fraction of sp³-hybridized carbons (Fsp3) is 0.143. The molecule has 5 heteroatoms. The van der Waals surface area contributed by atoms with Gasteiger partial charge in [0.15, 0.2) is 0 Å². The number of rotatable bonds is 0. The maximum absolute atomic E-state index is 11.2. The molecular formula is C7H5IN2OS. The smallest absolute Gasteiger partial charge is 0.268 e. The molecule has 0 radical (unpaired) electrons. The monoisotopic (exact) mass is 292 g/mol. The number of hydrogen-bond donors (Lipinski definition) is 1. The Labute approximate surface area is 86.1 Å². The Hall–Kier alpha value is -0.430. The summed E-state index contributed by atoms with van der Waals surface area (Å²) in [5, 5.41) is 0.714. The van der Waals surface area contributed by atoms with Crippen LogP contribution < -0.4 is 5.56 Å². The molecular weight excluding hydrogens is 287 g/mol. The summed E-state index contributed by atoms with van der Waals surface area (Å²) in [4.78, 5) is 16.3. The Balaban J connectivity index is 3.03. The van der Waals surface area contributed by atoms with Gasteiger partial charge in [0.25, 0.3) is 5.56 Å². The molecule has 2 aromatic heterocycles. The highest BCUT2D eigenvalue weighted by atomic mass is 127. The summed E-state index contributed by atoms with van der Waals surface area (Å²) in [6.07, 6.45) is 0. The summed E-state index contributed by atoms with van der Waals surface area (Å²) in [5.41, 5.74) is 0.911. The molecule has 0 spiro atoms. The topological polar surface area (TPSA) is 45.8 Å². The fourth-order valence-electron chi connectivity index (χ4n) is 1.03. The number of nitrogens with zero attached hydrogens (tertiary/aromatic N) is 1. The number of aryl methyl sites for hydroxylation is 1. The summed E-state index contributed by atoms with van der Waals surface area (Å²) in [6.45, 7) is 1.92. The van der Waals surface area contributed by atoms with E-state index in [1.165, 1.54) is 11.5 Å². The molecule has 3 nitrogen and oxygen atoms in total. The van der Waals surface area contributed by atoms with Crippen molar-refractivity contribution >= 4 is 44.3 Å². The van der Waals surface area contributed by atoms with Crippen LogP contribution in [0.1, 0.15) is 5.69 Å². The second-order valence-corrected chi connectivity index (χ2v) is 4.42. The summed E-state index contributed by atoms with van der Waals surface area (Å²) >= 11 is 3.44. The van der Waals surface area contributed by atoms with E-state index in [9.17, 15) is 4.79 Å². The summed E-state index contributed by atoms with van der Waals surface area (Å²) in [7, 11) is 0. The standard InChI is InChI=1S/C7H5IN2OS/c1-3-2-4(8)5-6(11)10-12-7(5)9-3/h2H,1H3,(H,10,11). The van der Waals surface area contributed by atoms with Gasteiger partial charge in [0.1, 0.15) is 4.83 Å². The van der Waals surface area contributed by atoms with Crippen LogP contribution in [0.25, 0.3) is 10.2 Å². The number of hydrogen-bond acceptors (Lipinski definition) is 3.